The van der Waals surface area contributed by atoms with Crippen LogP contribution in [0.2, 0.25) is 0 Å². The maximum atomic E-state index is 11.6. The van der Waals surface area contributed by atoms with Gasteiger partial charge in [0, 0.05) is 11.3 Å². The molecule has 0 bridgehead atoms. The van der Waals surface area contributed by atoms with Gasteiger partial charge >= 0.3 is 5.97 Å². The molecule has 100 valence electrons. The van der Waals surface area contributed by atoms with Crippen LogP contribution in [0, 0.1) is 0 Å². The van der Waals surface area contributed by atoms with E-state index < -0.39 is 0 Å². The molecule has 2 aromatic carbocycles. The average molecular weight is 284 g/mol. The number of nitrogens with zero attached hydrogens (tertiary/aromatic N) is 1. The van der Waals surface area contributed by atoms with Crippen LogP contribution in [-0.2, 0) is 4.74 Å². The smallest absolute Gasteiger partial charge is 0.337 e. The molecule has 3 rings (SSSR count). The number of carbonyl (C=O) groups excluding carboxylic acids is 1. The fraction of sp³-hybridized carbons (Fsp3) is 0.0667. The maximum Gasteiger partial charge on any atom is 0.337 e. The van der Waals surface area contributed by atoms with E-state index in [0.29, 0.717) is 11.3 Å². The third-order valence-corrected chi connectivity index (χ3v) is 3.90. The molecule has 1 heterocycles. The molecule has 0 aliphatic heterocycles. The Morgan fingerprint density at radius 3 is 2.95 bits per heavy atom. The van der Waals surface area contributed by atoms with E-state index >= 15 is 0 Å². The Balaban J connectivity index is 2.23. The highest BCUT2D eigenvalue weighted by atomic mass is 32.1. The van der Waals surface area contributed by atoms with E-state index in [9.17, 15) is 4.79 Å². The quantitative estimate of drug-likeness (QED) is 0.579. The molecule has 0 aliphatic rings. The van der Waals surface area contributed by atoms with Gasteiger partial charge in [-0.15, -0.1) is 11.3 Å². The van der Waals surface area contributed by atoms with Gasteiger partial charge in [-0.25, -0.2) is 9.78 Å². The Bertz CT molecular complexity index is 795. The van der Waals surface area contributed by atoms with E-state index in [-0.39, 0.29) is 5.97 Å². The molecule has 3 aromatic rings. The molecule has 0 saturated carbocycles. The molecule has 0 unspecified atom stereocenters. The lowest BCUT2D eigenvalue weighted by molar-refractivity contribution is 0.0601. The summed E-state index contributed by atoms with van der Waals surface area (Å²) in [7, 11) is 1.37. The summed E-state index contributed by atoms with van der Waals surface area (Å²) in [4.78, 5) is 16.0. The number of carbonyl (C=O) groups is 1. The number of ether oxygens (including phenoxy) is 1. The summed E-state index contributed by atoms with van der Waals surface area (Å²) in [5.74, 6) is -0.365. The standard InChI is InChI=1S/C15H12N2O2S/c1-19-15(18)10-4-2-3-9(7-10)13-11(16)5-6-12-14(13)17-8-20-12/h2-8H,16H2,1H3. The molecular formula is C15H12N2O2S. The summed E-state index contributed by atoms with van der Waals surface area (Å²) in [5.41, 5.74) is 11.6. The van der Waals surface area contributed by atoms with E-state index in [1.807, 2.05) is 24.3 Å². The number of hydrogen-bond donors (Lipinski definition) is 1. The van der Waals surface area contributed by atoms with Gasteiger partial charge in [0.2, 0.25) is 0 Å². The van der Waals surface area contributed by atoms with E-state index in [1.54, 1.807) is 29.0 Å². The van der Waals surface area contributed by atoms with Crippen molar-refractivity contribution in [3.8, 4) is 11.1 Å². The van der Waals surface area contributed by atoms with Gasteiger partial charge in [-0.2, -0.15) is 0 Å². The van der Waals surface area contributed by atoms with Crippen LogP contribution in [0.5, 0.6) is 0 Å². The van der Waals surface area contributed by atoms with Crippen LogP contribution in [0.25, 0.3) is 21.3 Å². The number of aromatic nitrogens is 1. The second-order valence-electron chi connectivity index (χ2n) is 4.30. The number of anilines is 1. The summed E-state index contributed by atoms with van der Waals surface area (Å²) < 4.78 is 5.81. The van der Waals surface area contributed by atoms with Crippen molar-refractivity contribution in [2.75, 3.05) is 12.8 Å². The van der Waals surface area contributed by atoms with E-state index in [4.69, 9.17) is 10.5 Å². The fourth-order valence-electron chi connectivity index (χ4n) is 2.17. The Morgan fingerprint density at radius 1 is 1.30 bits per heavy atom. The molecule has 5 heteroatoms. The monoisotopic (exact) mass is 284 g/mol. The summed E-state index contributed by atoms with van der Waals surface area (Å²) in [6.45, 7) is 0. The van der Waals surface area contributed by atoms with Crippen molar-refractivity contribution in [2.45, 2.75) is 0 Å². The zero-order valence-corrected chi connectivity index (χ0v) is 11.6. The lowest BCUT2D eigenvalue weighted by Crippen LogP contribution is -2.01. The van der Waals surface area contributed by atoms with Crippen LogP contribution >= 0.6 is 11.3 Å². The molecule has 0 saturated heterocycles. The highest BCUT2D eigenvalue weighted by Crippen LogP contribution is 2.35. The van der Waals surface area contributed by atoms with Gasteiger partial charge in [0.05, 0.1) is 28.4 Å². The van der Waals surface area contributed by atoms with E-state index in [2.05, 4.69) is 4.98 Å². The van der Waals surface area contributed by atoms with Crippen LogP contribution in [0.1, 0.15) is 10.4 Å². The molecule has 2 N–H and O–H groups in total. The van der Waals surface area contributed by atoms with Crippen molar-refractivity contribution in [1.82, 2.24) is 4.98 Å². The molecule has 0 amide bonds. The Morgan fingerprint density at radius 2 is 2.15 bits per heavy atom. The summed E-state index contributed by atoms with van der Waals surface area (Å²) in [6, 6.07) is 11.0. The first-order valence-corrected chi connectivity index (χ1v) is 6.89. The van der Waals surface area contributed by atoms with Gasteiger partial charge in [0.25, 0.3) is 0 Å². The van der Waals surface area contributed by atoms with Crippen LogP contribution < -0.4 is 5.73 Å². The lowest BCUT2D eigenvalue weighted by atomic mass is 10.0. The van der Waals surface area contributed by atoms with Crippen LogP contribution in [-0.4, -0.2) is 18.1 Å². The van der Waals surface area contributed by atoms with Gasteiger partial charge in [-0.1, -0.05) is 12.1 Å². The van der Waals surface area contributed by atoms with Crippen LogP contribution in [0.4, 0.5) is 5.69 Å². The lowest BCUT2D eigenvalue weighted by Gasteiger charge is -2.08. The van der Waals surface area contributed by atoms with Crippen molar-refractivity contribution in [1.29, 1.82) is 0 Å². The first-order valence-electron chi connectivity index (χ1n) is 6.01. The summed E-state index contributed by atoms with van der Waals surface area (Å²) >= 11 is 1.56. The normalized spacial score (nSPS) is 10.7. The predicted molar refractivity (Wildman–Crippen MR) is 80.8 cm³/mol. The van der Waals surface area contributed by atoms with Crippen molar-refractivity contribution >= 4 is 33.2 Å². The van der Waals surface area contributed by atoms with Gasteiger partial charge in [0.1, 0.15) is 0 Å². The molecule has 0 aliphatic carbocycles. The minimum atomic E-state index is -0.365. The van der Waals surface area contributed by atoms with Crippen molar-refractivity contribution in [3.63, 3.8) is 0 Å². The van der Waals surface area contributed by atoms with Gasteiger partial charge in [-0.3, -0.25) is 0 Å². The van der Waals surface area contributed by atoms with Crippen LogP contribution in [0.15, 0.2) is 41.9 Å². The minimum Gasteiger partial charge on any atom is -0.465 e. The molecule has 0 spiro atoms. The first kappa shape index (κ1) is 12.6. The SMILES string of the molecule is COC(=O)c1cccc(-c2c(N)ccc3scnc23)c1. The first-order chi connectivity index (χ1) is 9.70. The van der Waals surface area contributed by atoms with E-state index in [0.717, 1.165) is 21.3 Å². The number of methoxy groups -OCH3 is 1. The Hall–Kier alpha value is -2.40. The molecule has 20 heavy (non-hydrogen) atoms. The van der Waals surface area contributed by atoms with Crippen molar-refractivity contribution in [3.05, 3.63) is 47.5 Å². The molecule has 0 radical (unpaired) electrons. The average Bonchev–Trinajstić information content (AvgIpc) is 2.94. The van der Waals surface area contributed by atoms with Gasteiger partial charge in [-0.05, 0) is 29.8 Å². The van der Waals surface area contributed by atoms with Gasteiger partial charge < -0.3 is 10.5 Å². The molecule has 0 fully saturated rings. The maximum absolute atomic E-state index is 11.6. The second kappa shape index (κ2) is 4.94. The number of rotatable bonds is 2. The zero-order valence-electron chi connectivity index (χ0n) is 10.8. The third-order valence-electron chi connectivity index (χ3n) is 3.11. The largest absolute Gasteiger partial charge is 0.465 e. The molecular weight excluding hydrogens is 272 g/mol. The van der Waals surface area contributed by atoms with Crippen molar-refractivity contribution in [2.24, 2.45) is 0 Å². The Labute approximate surface area is 119 Å². The number of thiazole rings is 1. The third kappa shape index (κ3) is 2.02. The highest BCUT2D eigenvalue weighted by Gasteiger charge is 2.13. The summed E-state index contributed by atoms with van der Waals surface area (Å²) in [6.07, 6.45) is 0. The fourth-order valence-corrected chi connectivity index (χ4v) is 2.85. The van der Waals surface area contributed by atoms with Gasteiger partial charge in [0.15, 0.2) is 0 Å². The number of nitrogens with two attached hydrogens (primary N) is 1. The molecule has 0 atom stereocenters. The number of esters is 1. The zero-order chi connectivity index (χ0) is 14.1. The molecule has 4 nitrogen and oxygen atoms in total. The summed E-state index contributed by atoms with van der Waals surface area (Å²) in [5, 5.41) is 0. The topological polar surface area (TPSA) is 65.2 Å². The second-order valence-corrected chi connectivity index (χ2v) is 5.19. The number of nitrogen functional groups attached to an aromatic ring is 1. The number of benzene rings is 2. The van der Waals surface area contributed by atoms with Crippen molar-refractivity contribution < 1.29 is 9.53 Å². The highest BCUT2D eigenvalue weighted by molar-refractivity contribution is 7.16. The minimum absolute atomic E-state index is 0.365. The Kier molecular flexibility index (Phi) is 3.12. The van der Waals surface area contributed by atoms with Crippen LogP contribution in [0.3, 0.4) is 0 Å². The molecule has 1 aromatic heterocycles. The number of fused-ring (bicyclic) bond motifs is 1. The predicted octanol–water partition coefficient (Wildman–Crippen LogP) is 3.33. The van der Waals surface area contributed by atoms with E-state index in [1.165, 1.54) is 7.11 Å². The number of hydrogen-bond acceptors (Lipinski definition) is 5.